The fourth-order valence-electron chi connectivity index (χ4n) is 1.98. The molecule has 4 heteroatoms. The minimum atomic E-state index is -0.592. The van der Waals surface area contributed by atoms with Crippen LogP contribution in [0.4, 0.5) is 0 Å². The molecule has 0 N–H and O–H groups in total. The first-order valence-corrected chi connectivity index (χ1v) is 6.42. The smallest absolute Gasteiger partial charge is 0.338 e. The normalized spacial score (nSPS) is 9.95. The van der Waals surface area contributed by atoms with E-state index < -0.39 is 11.8 Å². The molecule has 2 aromatic rings. The second-order valence-electron chi connectivity index (χ2n) is 4.43. The van der Waals surface area contributed by atoms with Gasteiger partial charge < -0.3 is 4.74 Å². The monoisotopic (exact) mass is 282 g/mol. The second kappa shape index (κ2) is 6.61. The molecular weight excluding hydrogens is 268 g/mol. The summed E-state index contributed by atoms with van der Waals surface area (Å²) < 4.78 is 4.64. The molecule has 4 nitrogen and oxygen atoms in total. The molecule has 0 bridgehead atoms. The van der Waals surface area contributed by atoms with Gasteiger partial charge >= 0.3 is 5.97 Å². The fraction of sp³-hybridized carbons (Fsp3) is 0.118. The maximum absolute atomic E-state index is 12.2. The van der Waals surface area contributed by atoms with Gasteiger partial charge in [0.15, 0.2) is 11.6 Å². The number of benzene rings is 2. The van der Waals surface area contributed by atoms with Crippen molar-refractivity contribution in [3.63, 3.8) is 0 Å². The Morgan fingerprint density at radius 3 is 2.00 bits per heavy atom. The first-order chi connectivity index (χ1) is 10.1. The topological polar surface area (TPSA) is 60.4 Å². The molecule has 0 heterocycles. The highest BCUT2D eigenvalue weighted by atomic mass is 16.5. The molecule has 0 unspecified atom stereocenters. The number of ketones is 2. The molecule has 0 aromatic heterocycles. The zero-order chi connectivity index (χ0) is 15.2. The van der Waals surface area contributed by atoms with Crippen LogP contribution in [-0.4, -0.2) is 24.6 Å². The third-order valence-electron chi connectivity index (χ3n) is 3.05. The number of methoxy groups -OCH3 is 1. The quantitative estimate of drug-likeness (QED) is 0.480. The van der Waals surface area contributed by atoms with Crippen molar-refractivity contribution in [1.29, 1.82) is 0 Å². The summed E-state index contributed by atoms with van der Waals surface area (Å²) in [5.74, 6) is -1.27. The Morgan fingerprint density at radius 2 is 1.38 bits per heavy atom. The summed E-state index contributed by atoms with van der Waals surface area (Å²) in [5.41, 5.74) is 0.848. The summed E-state index contributed by atoms with van der Waals surface area (Å²) in [7, 11) is 1.25. The summed E-state index contributed by atoms with van der Waals surface area (Å²) in [6.07, 6.45) is -0.280. The second-order valence-corrected chi connectivity index (χ2v) is 4.43. The summed E-state index contributed by atoms with van der Waals surface area (Å²) in [4.78, 5) is 35.9. The van der Waals surface area contributed by atoms with Gasteiger partial charge in [-0.2, -0.15) is 0 Å². The van der Waals surface area contributed by atoms with Crippen LogP contribution in [0.2, 0.25) is 0 Å². The molecule has 106 valence electrons. The van der Waals surface area contributed by atoms with Gasteiger partial charge in [0.2, 0.25) is 0 Å². The van der Waals surface area contributed by atoms with Gasteiger partial charge in [-0.25, -0.2) is 4.79 Å². The van der Waals surface area contributed by atoms with Crippen molar-refractivity contribution in [3.05, 3.63) is 71.3 Å². The Balaban J connectivity index is 2.22. The van der Waals surface area contributed by atoms with E-state index in [2.05, 4.69) is 4.74 Å². The summed E-state index contributed by atoms with van der Waals surface area (Å²) in [6, 6.07) is 14.9. The highest BCUT2D eigenvalue weighted by Crippen LogP contribution is 2.14. The van der Waals surface area contributed by atoms with Crippen molar-refractivity contribution in [2.45, 2.75) is 6.42 Å². The van der Waals surface area contributed by atoms with Gasteiger partial charge in [-0.1, -0.05) is 48.5 Å². The van der Waals surface area contributed by atoms with E-state index in [-0.39, 0.29) is 23.3 Å². The predicted molar refractivity (Wildman–Crippen MR) is 77.5 cm³/mol. The van der Waals surface area contributed by atoms with Crippen LogP contribution in [0.5, 0.6) is 0 Å². The molecule has 0 fully saturated rings. The summed E-state index contributed by atoms with van der Waals surface area (Å²) in [6.45, 7) is 0. The first-order valence-electron chi connectivity index (χ1n) is 6.42. The Bertz CT molecular complexity index is 674. The molecule has 0 aliphatic rings. The average molecular weight is 282 g/mol. The minimum absolute atomic E-state index is 0.172. The van der Waals surface area contributed by atoms with E-state index in [4.69, 9.17) is 0 Å². The third kappa shape index (κ3) is 3.42. The zero-order valence-corrected chi connectivity index (χ0v) is 11.5. The van der Waals surface area contributed by atoms with E-state index in [1.165, 1.54) is 19.2 Å². The molecule has 0 atom stereocenters. The number of hydrogen-bond acceptors (Lipinski definition) is 4. The molecule has 0 aliphatic heterocycles. The average Bonchev–Trinajstić information content (AvgIpc) is 2.54. The van der Waals surface area contributed by atoms with Gasteiger partial charge in [-0.3, -0.25) is 9.59 Å². The van der Waals surface area contributed by atoms with E-state index in [0.717, 1.165) is 0 Å². The Labute approximate surface area is 122 Å². The van der Waals surface area contributed by atoms with Crippen molar-refractivity contribution in [3.8, 4) is 0 Å². The predicted octanol–water partition coefficient (Wildman–Crippen LogP) is 2.93. The molecule has 0 spiro atoms. The zero-order valence-electron chi connectivity index (χ0n) is 11.5. The lowest BCUT2D eigenvalue weighted by molar-refractivity contribution is 0.0596. The molecule has 0 saturated carbocycles. The molecule has 0 amide bonds. The van der Waals surface area contributed by atoms with Crippen molar-refractivity contribution in [1.82, 2.24) is 0 Å². The third-order valence-corrected chi connectivity index (χ3v) is 3.05. The van der Waals surface area contributed by atoms with Crippen molar-refractivity contribution in [2.75, 3.05) is 7.11 Å². The Morgan fingerprint density at radius 1 is 0.810 bits per heavy atom. The van der Waals surface area contributed by atoms with Crippen LogP contribution in [0.3, 0.4) is 0 Å². The Kier molecular flexibility index (Phi) is 4.61. The van der Waals surface area contributed by atoms with Gasteiger partial charge in [0.25, 0.3) is 0 Å². The number of rotatable bonds is 5. The lowest BCUT2D eigenvalue weighted by Crippen LogP contribution is -2.13. The minimum Gasteiger partial charge on any atom is -0.465 e. The standard InChI is InChI=1S/C17H14O4/c1-21-17(20)14-10-6-5-9-13(14)16(19)11-15(18)12-7-3-2-4-8-12/h2-10H,11H2,1H3. The van der Waals surface area contributed by atoms with E-state index >= 15 is 0 Å². The number of carbonyl (C=O) groups excluding carboxylic acids is 3. The van der Waals surface area contributed by atoms with Gasteiger partial charge in [-0.05, 0) is 6.07 Å². The molecule has 2 rings (SSSR count). The van der Waals surface area contributed by atoms with Gasteiger partial charge in [0.05, 0.1) is 19.1 Å². The van der Waals surface area contributed by atoms with Crippen molar-refractivity contribution < 1.29 is 19.1 Å². The number of hydrogen-bond donors (Lipinski definition) is 0. The van der Waals surface area contributed by atoms with Gasteiger partial charge in [0, 0.05) is 11.1 Å². The number of ether oxygens (including phenoxy) is 1. The van der Waals surface area contributed by atoms with Crippen LogP contribution in [0.15, 0.2) is 54.6 Å². The number of carbonyl (C=O) groups is 3. The SMILES string of the molecule is COC(=O)c1ccccc1C(=O)CC(=O)c1ccccc1. The fourth-order valence-corrected chi connectivity index (χ4v) is 1.98. The highest BCUT2D eigenvalue weighted by molar-refractivity contribution is 6.16. The Hall–Kier alpha value is -2.75. The molecular formula is C17H14O4. The molecule has 2 aromatic carbocycles. The maximum Gasteiger partial charge on any atom is 0.338 e. The van der Waals surface area contributed by atoms with Crippen LogP contribution < -0.4 is 0 Å². The molecule has 0 aliphatic carbocycles. The largest absolute Gasteiger partial charge is 0.465 e. The lowest BCUT2D eigenvalue weighted by atomic mass is 9.98. The lowest BCUT2D eigenvalue weighted by Gasteiger charge is -2.06. The van der Waals surface area contributed by atoms with Gasteiger partial charge in [-0.15, -0.1) is 0 Å². The summed E-state index contributed by atoms with van der Waals surface area (Å²) >= 11 is 0. The first kappa shape index (κ1) is 14.7. The summed E-state index contributed by atoms with van der Waals surface area (Å²) in [5, 5.41) is 0. The number of Topliss-reactive ketones (excluding diaryl/α,β-unsaturated/α-hetero) is 2. The maximum atomic E-state index is 12.2. The van der Waals surface area contributed by atoms with E-state index in [1.807, 2.05) is 0 Å². The van der Waals surface area contributed by atoms with Crippen LogP contribution in [0.25, 0.3) is 0 Å². The molecule has 0 saturated heterocycles. The van der Waals surface area contributed by atoms with Crippen molar-refractivity contribution in [2.24, 2.45) is 0 Å². The van der Waals surface area contributed by atoms with Crippen LogP contribution in [-0.2, 0) is 4.74 Å². The highest BCUT2D eigenvalue weighted by Gasteiger charge is 2.19. The number of esters is 1. The van der Waals surface area contributed by atoms with Crippen LogP contribution in [0.1, 0.15) is 37.5 Å². The van der Waals surface area contributed by atoms with Crippen molar-refractivity contribution >= 4 is 17.5 Å². The van der Waals surface area contributed by atoms with Gasteiger partial charge in [0.1, 0.15) is 0 Å². The van der Waals surface area contributed by atoms with E-state index in [9.17, 15) is 14.4 Å². The van der Waals surface area contributed by atoms with Crippen LogP contribution >= 0.6 is 0 Å². The molecule has 0 radical (unpaired) electrons. The van der Waals surface area contributed by atoms with E-state index in [1.54, 1.807) is 42.5 Å². The molecule has 21 heavy (non-hydrogen) atoms. The van der Waals surface area contributed by atoms with Crippen LogP contribution in [0, 0.1) is 0 Å². The van der Waals surface area contributed by atoms with E-state index in [0.29, 0.717) is 5.56 Å².